The molecule has 0 unspecified atom stereocenters. The monoisotopic (exact) mass is 295 g/mol. The van der Waals surface area contributed by atoms with Crippen LogP contribution in [0.15, 0.2) is 41.1 Å². The van der Waals surface area contributed by atoms with E-state index in [0.29, 0.717) is 19.7 Å². The minimum absolute atomic E-state index is 0.543. The summed E-state index contributed by atoms with van der Waals surface area (Å²) < 4.78 is 8.46. The molecule has 0 radical (unpaired) electrons. The normalized spacial score (nSPS) is 10.5. The molecule has 0 saturated heterocycles. The van der Waals surface area contributed by atoms with Crippen LogP contribution in [0.4, 0.5) is 0 Å². The molecule has 90 valence electrons. The zero-order chi connectivity index (χ0) is 12.1. The Kier molecular flexibility index (Phi) is 4.17. The molecule has 0 fully saturated rings. The molecule has 5 heteroatoms. The van der Waals surface area contributed by atoms with E-state index in [1.807, 2.05) is 30.5 Å². The van der Waals surface area contributed by atoms with Gasteiger partial charge in [0.25, 0.3) is 0 Å². The summed E-state index contributed by atoms with van der Waals surface area (Å²) in [4.78, 5) is 0. The van der Waals surface area contributed by atoms with Crippen LogP contribution in [0.5, 0.6) is 5.75 Å². The van der Waals surface area contributed by atoms with Gasteiger partial charge in [-0.05, 0) is 17.7 Å². The predicted octanol–water partition coefficient (Wildman–Crippen LogP) is 2.18. The molecule has 0 spiro atoms. The Morgan fingerprint density at radius 2 is 2.06 bits per heavy atom. The van der Waals surface area contributed by atoms with E-state index < -0.39 is 0 Å². The summed E-state index contributed by atoms with van der Waals surface area (Å²) in [6.45, 7) is 1.83. The van der Waals surface area contributed by atoms with Gasteiger partial charge in [0.2, 0.25) is 0 Å². The van der Waals surface area contributed by atoms with Crippen LogP contribution in [0.25, 0.3) is 0 Å². The largest absolute Gasteiger partial charge is 0.486 e. The number of hydrogen-bond donors (Lipinski definition) is 1. The first kappa shape index (κ1) is 12.1. The Bertz CT molecular complexity index is 467. The Hall–Kier alpha value is -1.33. The summed E-state index contributed by atoms with van der Waals surface area (Å²) in [6, 6.07) is 8.04. The molecular formula is C12H14BrN3O. The summed E-state index contributed by atoms with van der Waals surface area (Å²) >= 11 is 3.40. The van der Waals surface area contributed by atoms with Gasteiger partial charge in [-0.25, -0.2) is 0 Å². The van der Waals surface area contributed by atoms with Crippen molar-refractivity contribution in [3.8, 4) is 5.75 Å². The van der Waals surface area contributed by atoms with Crippen LogP contribution in [-0.4, -0.2) is 16.3 Å². The second-order valence-corrected chi connectivity index (χ2v) is 4.56. The fourth-order valence-corrected chi connectivity index (χ4v) is 1.69. The third kappa shape index (κ3) is 3.57. The van der Waals surface area contributed by atoms with Crippen LogP contribution >= 0.6 is 15.9 Å². The first-order chi connectivity index (χ1) is 8.28. The molecule has 17 heavy (non-hydrogen) atoms. The minimum atomic E-state index is 0.543. The molecule has 2 N–H and O–H groups in total. The molecule has 0 bridgehead atoms. The predicted molar refractivity (Wildman–Crippen MR) is 69.8 cm³/mol. The topological polar surface area (TPSA) is 53.1 Å². The van der Waals surface area contributed by atoms with Gasteiger partial charge in [0.15, 0.2) is 5.75 Å². The van der Waals surface area contributed by atoms with Gasteiger partial charge in [-0.1, -0.05) is 28.1 Å². The number of aromatic nitrogens is 2. The number of nitrogens with zero attached hydrogens (tertiary/aromatic N) is 2. The lowest BCUT2D eigenvalue weighted by molar-refractivity contribution is 0.305. The van der Waals surface area contributed by atoms with Crippen molar-refractivity contribution < 1.29 is 4.74 Å². The summed E-state index contributed by atoms with van der Waals surface area (Å²) in [5.74, 6) is 0.765. The number of ether oxygens (including phenoxy) is 1. The second-order valence-electron chi connectivity index (χ2n) is 3.64. The van der Waals surface area contributed by atoms with E-state index in [-0.39, 0.29) is 0 Å². The fourth-order valence-electron chi connectivity index (χ4n) is 1.42. The molecule has 1 heterocycles. The van der Waals surface area contributed by atoms with Gasteiger partial charge in [0.1, 0.15) is 6.61 Å². The van der Waals surface area contributed by atoms with Gasteiger partial charge in [-0.2, -0.15) is 5.10 Å². The molecule has 0 saturated carbocycles. The van der Waals surface area contributed by atoms with Crippen LogP contribution in [-0.2, 0) is 13.2 Å². The van der Waals surface area contributed by atoms with Crippen LogP contribution in [0, 0.1) is 0 Å². The Morgan fingerprint density at radius 1 is 1.29 bits per heavy atom. The number of nitrogens with two attached hydrogens (primary N) is 1. The van der Waals surface area contributed by atoms with Gasteiger partial charge in [0, 0.05) is 11.0 Å². The quantitative estimate of drug-likeness (QED) is 0.920. The molecule has 1 aromatic carbocycles. The highest BCUT2D eigenvalue weighted by molar-refractivity contribution is 9.10. The van der Waals surface area contributed by atoms with Gasteiger partial charge < -0.3 is 10.5 Å². The molecule has 0 amide bonds. The SMILES string of the molecule is NCCn1cc(OCc2ccc(Br)cc2)cn1. The Labute approximate surface area is 109 Å². The average Bonchev–Trinajstić information content (AvgIpc) is 2.77. The molecule has 1 aromatic heterocycles. The zero-order valence-electron chi connectivity index (χ0n) is 9.34. The van der Waals surface area contributed by atoms with Gasteiger partial charge in [-0.3, -0.25) is 4.68 Å². The molecular weight excluding hydrogens is 282 g/mol. The Morgan fingerprint density at radius 3 is 2.76 bits per heavy atom. The van der Waals surface area contributed by atoms with Crippen molar-refractivity contribution in [3.63, 3.8) is 0 Å². The van der Waals surface area contributed by atoms with E-state index in [1.165, 1.54) is 0 Å². The molecule has 0 aliphatic carbocycles. The summed E-state index contributed by atoms with van der Waals surface area (Å²) in [7, 11) is 0. The highest BCUT2D eigenvalue weighted by atomic mass is 79.9. The van der Waals surface area contributed by atoms with Gasteiger partial charge in [-0.15, -0.1) is 0 Å². The van der Waals surface area contributed by atoms with Crippen LogP contribution < -0.4 is 10.5 Å². The third-order valence-electron chi connectivity index (χ3n) is 2.29. The van der Waals surface area contributed by atoms with E-state index in [1.54, 1.807) is 10.9 Å². The average molecular weight is 296 g/mol. The standard InChI is InChI=1S/C12H14BrN3O/c13-11-3-1-10(2-4-11)9-17-12-7-15-16(8-12)6-5-14/h1-4,7-8H,5-6,9,14H2. The van der Waals surface area contributed by atoms with Crippen molar-refractivity contribution in [2.24, 2.45) is 5.73 Å². The summed E-state index contributed by atoms with van der Waals surface area (Å²) in [6.07, 6.45) is 3.56. The fraction of sp³-hybridized carbons (Fsp3) is 0.250. The van der Waals surface area contributed by atoms with Crippen molar-refractivity contribution in [1.29, 1.82) is 0 Å². The lowest BCUT2D eigenvalue weighted by Gasteiger charge is -2.03. The highest BCUT2D eigenvalue weighted by Gasteiger charge is 1.99. The minimum Gasteiger partial charge on any atom is -0.486 e. The van der Waals surface area contributed by atoms with Crippen LogP contribution in [0.3, 0.4) is 0 Å². The number of hydrogen-bond acceptors (Lipinski definition) is 3. The summed E-state index contributed by atoms with van der Waals surface area (Å²) in [5, 5.41) is 4.14. The van der Waals surface area contributed by atoms with Crippen molar-refractivity contribution in [2.75, 3.05) is 6.54 Å². The van der Waals surface area contributed by atoms with E-state index in [2.05, 4.69) is 21.0 Å². The molecule has 4 nitrogen and oxygen atoms in total. The van der Waals surface area contributed by atoms with E-state index in [9.17, 15) is 0 Å². The molecule has 0 aliphatic rings. The van der Waals surface area contributed by atoms with Gasteiger partial charge >= 0.3 is 0 Å². The first-order valence-electron chi connectivity index (χ1n) is 5.37. The summed E-state index contributed by atoms with van der Waals surface area (Å²) in [5.41, 5.74) is 6.57. The van der Waals surface area contributed by atoms with Crippen molar-refractivity contribution >= 4 is 15.9 Å². The smallest absolute Gasteiger partial charge is 0.157 e. The van der Waals surface area contributed by atoms with Crippen molar-refractivity contribution in [3.05, 3.63) is 46.7 Å². The van der Waals surface area contributed by atoms with Crippen molar-refractivity contribution in [1.82, 2.24) is 9.78 Å². The zero-order valence-corrected chi connectivity index (χ0v) is 10.9. The van der Waals surface area contributed by atoms with Gasteiger partial charge in [0.05, 0.1) is 18.9 Å². The lowest BCUT2D eigenvalue weighted by atomic mass is 10.2. The van der Waals surface area contributed by atoms with E-state index in [0.717, 1.165) is 15.8 Å². The Balaban J connectivity index is 1.90. The maximum atomic E-state index is 5.62. The van der Waals surface area contributed by atoms with Crippen molar-refractivity contribution in [2.45, 2.75) is 13.2 Å². The van der Waals surface area contributed by atoms with E-state index in [4.69, 9.17) is 10.5 Å². The van der Waals surface area contributed by atoms with E-state index >= 15 is 0 Å². The molecule has 2 rings (SSSR count). The number of rotatable bonds is 5. The first-order valence-corrected chi connectivity index (χ1v) is 6.17. The third-order valence-corrected chi connectivity index (χ3v) is 2.82. The second kappa shape index (κ2) is 5.84. The maximum absolute atomic E-state index is 5.62. The number of halogens is 1. The number of benzene rings is 1. The maximum Gasteiger partial charge on any atom is 0.157 e. The van der Waals surface area contributed by atoms with Crippen LogP contribution in [0.1, 0.15) is 5.56 Å². The molecule has 0 aliphatic heterocycles. The van der Waals surface area contributed by atoms with Crippen LogP contribution in [0.2, 0.25) is 0 Å². The molecule has 0 atom stereocenters. The molecule has 2 aromatic rings. The highest BCUT2D eigenvalue weighted by Crippen LogP contribution is 2.14. The lowest BCUT2D eigenvalue weighted by Crippen LogP contribution is -2.09.